The Labute approximate surface area is 158 Å². The lowest BCUT2D eigenvalue weighted by molar-refractivity contribution is -0.125. The van der Waals surface area contributed by atoms with Crippen LogP contribution in [0.5, 0.6) is 11.5 Å². The molecule has 2 amide bonds. The van der Waals surface area contributed by atoms with Crippen molar-refractivity contribution in [3.05, 3.63) is 58.7 Å². The van der Waals surface area contributed by atoms with Crippen LogP contribution in [-0.4, -0.2) is 36.8 Å². The Morgan fingerprint density at radius 3 is 2.33 bits per heavy atom. The minimum Gasteiger partial charge on any atom is -0.507 e. The second kappa shape index (κ2) is 9.38. The number of carbonyl (C=O) groups is 2. The fourth-order valence-electron chi connectivity index (χ4n) is 2.45. The Kier molecular flexibility index (Phi) is 6.93. The van der Waals surface area contributed by atoms with Crippen LogP contribution in [0.15, 0.2) is 41.5 Å². The largest absolute Gasteiger partial charge is 0.507 e. The third kappa shape index (κ3) is 6.14. The smallest absolute Gasteiger partial charge is 0.259 e. The van der Waals surface area contributed by atoms with Crippen LogP contribution >= 0.6 is 0 Å². The highest BCUT2D eigenvalue weighted by Gasteiger charge is 2.06. The maximum absolute atomic E-state index is 11.9. The molecule has 142 valence electrons. The summed E-state index contributed by atoms with van der Waals surface area (Å²) in [5, 5.41) is 16.1. The Hall–Kier alpha value is -3.35. The van der Waals surface area contributed by atoms with Crippen LogP contribution in [0.4, 0.5) is 0 Å². The van der Waals surface area contributed by atoms with Gasteiger partial charge in [0.2, 0.25) is 5.91 Å². The quantitative estimate of drug-likeness (QED) is 0.512. The van der Waals surface area contributed by atoms with E-state index >= 15 is 0 Å². The third-order valence-electron chi connectivity index (χ3n) is 3.89. The number of aromatic hydroxyl groups is 1. The molecule has 0 heterocycles. The summed E-state index contributed by atoms with van der Waals surface area (Å²) < 4.78 is 5.06. The van der Waals surface area contributed by atoms with Crippen molar-refractivity contribution in [3.8, 4) is 11.5 Å². The second-order valence-electron chi connectivity index (χ2n) is 6.10. The fraction of sp³-hybridized carbons (Fsp3) is 0.250. The number of benzene rings is 2. The van der Waals surface area contributed by atoms with Crippen molar-refractivity contribution in [1.29, 1.82) is 0 Å². The van der Waals surface area contributed by atoms with Gasteiger partial charge in [0.15, 0.2) is 0 Å². The number of nitrogens with one attached hydrogen (secondary N) is 2. The Morgan fingerprint density at radius 2 is 1.74 bits per heavy atom. The topological polar surface area (TPSA) is 100 Å². The zero-order valence-corrected chi connectivity index (χ0v) is 15.6. The van der Waals surface area contributed by atoms with Gasteiger partial charge in [-0.2, -0.15) is 5.10 Å². The van der Waals surface area contributed by atoms with Crippen molar-refractivity contribution in [3.63, 3.8) is 0 Å². The van der Waals surface area contributed by atoms with Gasteiger partial charge in [-0.1, -0.05) is 12.1 Å². The summed E-state index contributed by atoms with van der Waals surface area (Å²) in [6.45, 7) is 3.41. The monoisotopic (exact) mass is 369 g/mol. The molecule has 0 bridgehead atoms. The fourth-order valence-corrected chi connectivity index (χ4v) is 2.45. The van der Waals surface area contributed by atoms with Crippen LogP contribution < -0.4 is 15.5 Å². The molecule has 2 aromatic rings. The van der Waals surface area contributed by atoms with E-state index < -0.39 is 5.91 Å². The lowest BCUT2D eigenvalue weighted by Gasteiger charge is -2.06. The molecular formula is C20H23N3O4. The first-order valence-electron chi connectivity index (χ1n) is 8.40. The average Bonchev–Trinajstić information content (AvgIpc) is 2.65. The van der Waals surface area contributed by atoms with Crippen molar-refractivity contribution in [2.75, 3.05) is 13.7 Å². The molecule has 2 rings (SSSR count). The van der Waals surface area contributed by atoms with Crippen molar-refractivity contribution in [1.82, 2.24) is 10.7 Å². The third-order valence-corrected chi connectivity index (χ3v) is 3.89. The molecular weight excluding hydrogens is 346 g/mol. The van der Waals surface area contributed by atoms with Gasteiger partial charge in [-0.05, 0) is 60.4 Å². The molecule has 0 saturated carbocycles. The normalized spacial score (nSPS) is 10.6. The van der Waals surface area contributed by atoms with E-state index in [-0.39, 0.29) is 24.6 Å². The summed E-state index contributed by atoms with van der Waals surface area (Å²) in [5.41, 5.74) is 5.40. The average molecular weight is 369 g/mol. The first kappa shape index (κ1) is 20.0. The first-order chi connectivity index (χ1) is 12.9. The van der Waals surface area contributed by atoms with E-state index in [0.29, 0.717) is 0 Å². The van der Waals surface area contributed by atoms with E-state index in [1.54, 1.807) is 57.4 Å². The summed E-state index contributed by atoms with van der Waals surface area (Å²) in [4.78, 5) is 23.7. The zero-order valence-electron chi connectivity index (χ0n) is 15.6. The Balaban J connectivity index is 1.77. The number of hydrogen-bond donors (Lipinski definition) is 3. The molecule has 0 aromatic heterocycles. The summed E-state index contributed by atoms with van der Waals surface area (Å²) >= 11 is 0. The van der Waals surface area contributed by atoms with Crippen molar-refractivity contribution in [2.45, 2.75) is 20.3 Å². The van der Waals surface area contributed by atoms with E-state index in [4.69, 9.17) is 4.74 Å². The number of aryl methyl sites for hydroxylation is 2. The van der Waals surface area contributed by atoms with Gasteiger partial charge in [0.1, 0.15) is 11.5 Å². The predicted molar refractivity (Wildman–Crippen MR) is 103 cm³/mol. The SMILES string of the molecule is COc1ccc(CC(=O)NCC(=O)NN=Cc2cc(C)c(O)c(C)c2)cc1. The van der Waals surface area contributed by atoms with Gasteiger partial charge >= 0.3 is 0 Å². The van der Waals surface area contributed by atoms with E-state index in [0.717, 1.165) is 28.0 Å². The molecule has 2 aromatic carbocycles. The lowest BCUT2D eigenvalue weighted by Crippen LogP contribution is -2.35. The molecule has 0 fully saturated rings. The number of phenolic OH excluding ortho intramolecular Hbond substituents is 1. The first-order valence-corrected chi connectivity index (χ1v) is 8.40. The lowest BCUT2D eigenvalue weighted by atomic mass is 10.1. The summed E-state index contributed by atoms with van der Waals surface area (Å²) in [5.74, 6) is 0.275. The number of rotatable bonds is 7. The number of nitrogens with zero attached hydrogens (tertiary/aromatic N) is 1. The molecule has 0 atom stereocenters. The van der Waals surface area contributed by atoms with E-state index in [9.17, 15) is 14.7 Å². The minimum atomic E-state index is -0.429. The molecule has 0 aliphatic carbocycles. The van der Waals surface area contributed by atoms with Crippen LogP contribution in [0.3, 0.4) is 0 Å². The Morgan fingerprint density at radius 1 is 1.11 bits per heavy atom. The van der Waals surface area contributed by atoms with Gasteiger partial charge in [-0.3, -0.25) is 9.59 Å². The van der Waals surface area contributed by atoms with Crippen molar-refractivity contribution < 1.29 is 19.4 Å². The molecule has 27 heavy (non-hydrogen) atoms. The van der Waals surface area contributed by atoms with Crippen LogP contribution in [0.25, 0.3) is 0 Å². The molecule has 0 radical (unpaired) electrons. The molecule has 0 aliphatic heterocycles. The highest BCUT2D eigenvalue weighted by molar-refractivity contribution is 5.87. The number of hydrogen-bond acceptors (Lipinski definition) is 5. The number of phenols is 1. The van der Waals surface area contributed by atoms with E-state index in [2.05, 4.69) is 15.8 Å². The summed E-state index contributed by atoms with van der Waals surface area (Å²) in [6, 6.07) is 10.7. The number of hydrazone groups is 1. The Bertz CT molecular complexity index is 822. The highest BCUT2D eigenvalue weighted by atomic mass is 16.5. The van der Waals surface area contributed by atoms with Crippen LogP contribution in [0, 0.1) is 13.8 Å². The number of methoxy groups -OCH3 is 1. The van der Waals surface area contributed by atoms with Crippen LogP contribution in [-0.2, 0) is 16.0 Å². The molecule has 7 nitrogen and oxygen atoms in total. The van der Waals surface area contributed by atoms with E-state index in [1.165, 1.54) is 6.21 Å². The minimum absolute atomic E-state index is 0.167. The van der Waals surface area contributed by atoms with Crippen LogP contribution in [0.1, 0.15) is 22.3 Å². The number of amides is 2. The maximum Gasteiger partial charge on any atom is 0.259 e. The second-order valence-corrected chi connectivity index (χ2v) is 6.10. The van der Waals surface area contributed by atoms with Gasteiger partial charge in [0.25, 0.3) is 5.91 Å². The maximum atomic E-state index is 11.9. The molecule has 0 aliphatic rings. The van der Waals surface area contributed by atoms with Gasteiger partial charge in [-0.15, -0.1) is 0 Å². The molecule has 0 unspecified atom stereocenters. The standard InChI is InChI=1S/C20H23N3O4/c1-13-8-16(9-14(2)20(13)26)11-22-23-19(25)12-21-18(24)10-15-4-6-17(27-3)7-5-15/h4-9,11,26H,10,12H2,1-3H3,(H,21,24)(H,23,25). The zero-order chi connectivity index (χ0) is 19.8. The van der Waals surface area contributed by atoms with Gasteiger partial charge < -0.3 is 15.2 Å². The summed E-state index contributed by atoms with van der Waals surface area (Å²) in [6.07, 6.45) is 1.66. The van der Waals surface area contributed by atoms with Gasteiger partial charge in [0, 0.05) is 0 Å². The van der Waals surface area contributed by atoms with Crippen molar-refractivity contribution >= 4 is 18.0 Å². The predicted octanol–water partition coefficient (Wildman–Crippen LogP) is 1.83. The molecule has 0 spiro atoms. The van der Waals surface area contributed by atoms with Crippen molar-refractivity contribution in [2.24, 2.45) is 5.10 Å². The van der Waals surface area contributed by atoms with Crippen LogP contribution in [0.2, 0.25) is 0 Å². The number of ether oxygens (including phenoxy) is 1. The molecule has 0 saturated heterocycles. The highest BCUT2D eigenvalue weighted by Crippen LogP contribution is 2.21. The van der Waals surface area contributed by atoms with Gasteiger partial charge in [0.05, 0.1) is 26.3 Å². The van der Waals surface area contributed by atoms with Gasteiger partial charge in [-0.25, -0.2) is 5.43 Å². The van der Waals surface area contributed by atoms with E-state index in [1.807, 2.05) is 0 Å². The number of carbonyl (C=O) groups excluding carboxylic acids is 2. The molecule has 7 heteroatoms. The molecule has 3 N–H and O–H groups in total. The summed E-state index contributed by atoms with van der Waals surface area (Å²) in [7, 11) is 1.58.